The quantitative estimate of drug-likeness (QED) is 0.154. The Hall–Kier alpha value is -4.87. The zero-order valence-corrected chi connectivity index (χ0v) is 43.9. The molecule has 0 saturated heterocycles. The van der Waals surface area contributed by atoms with Crippen molar-refractivity contribution in [1.82, 2.24) is 0 Å². The zero-order chi connectivity index (χ0) is 45.8. The van der Waals surface area contributed by atoms with Crippen LogP contribution in [-0.2, 0) is 41.7 Å². The van der Waals surface area contributed by atoms with Crippen LogP contribution in [0, 0.1) is 0 Å². The molecule has 0 aliphatic carbocycles. The summed E-state index contributed by atoms with van der Waals surface area (Å²) in [5.41, 5.74) is 10.4. The molecule has 0 nitrogen and oxygen atoms in total. The van der Waals surface area contributed by atoms with Gasteiger partial charge in [0.15, 0.2) is 0 Å². The maximum Gasteiger partial charge on any atom is -0.0635 e. The van der Waals surface area contributed by atoms with E-state index in [1.165, 1.54) is 87.6 Å². The fourth-order valence-electron chi connectivity index (χ4n) is 7.79. The van der Waals surface area contributed by atoms with Crippen LogP contribution in [0.25, 0.3) is 87.6 Å². The molecule has 0 atom stereocenters. The van der Waals surface area contributed by atoms with Gasteiger partial charge in [-0.05, 0) is 0 Å². The van der Waals surface area contributed by atoms with Crippen molar-refractivity contribution in [2.75, 3.05) is 0 Å². The Kier molecular flexibility index (Phi) is 19.7. The maximum absolute atomic E-state index is 4.93. The molecule has 0 spiro atoms. The molecule has 0 N–H and O–H groups in total. The summed E-state index contributed by atoms with van der Waals surface area (Å²) in [6.45, 7) is 0. The summed E-state index contributed by atoms with van der Waals surface area (Å²) in [5.74, 6) is 0. The second-order valence-electron chi connectivity index (χ2n) is 15.1. The van der Waals surface area contributed by atoms with Gasteiger partial charge in [0.25, 0.3) is 0 Å². The van der Waals surface area contributed by atoms with Gasteiger partial charge in [-0.2, -0.15) is 0 Å². The van der Waals surface area contributed by atoms with Gasteiger partial charge < -0.3 is 0 Å². The SMILES string of the molecule is [Cl][Zr+2][Cl].[Cl][Zr+2][Cl].c1ccc(-c2cc3ccccc3[cH-]2)cc1.c1ccc(-c2cc3ccccc3[cH-]2)cc1.c1ccc(-c2cc3ccccc3[cH-]2)cc1.c1ccc(-c2cc3ccccc3[cH-]2)cc1. The summed E-state index contributed by atoms with van der Waals surface area (Å²) in [4.78, 5) is 0. The van der Waals surface area contributed by atoms with Gasteiger partial charge in [0, 0.05) is 0 Å². The second kappa shape index (κ2) is 26.5. The molecule has 0 heterocycles. The van der Waals surface area contributed by atoms with Gasteiger partial charge in [0.2, 0.25) is 0 Å². The van der Waals surface area contributed by atoms with Crippen molar-refractivity contribution in [3.8, 4) is 44.5 Å². The van der Waals surface area contributed by atoms with E-state index in [-0.39, 0.29) is 0 Å². The van der Waals surface area contributed by atoms with E-state index in [1.807, 2.05) is 24.3 Å². The molecule has 12 rings (SSSR count). The molecule has 12 aromatic rings. The monoisotopic (exact) mass is 1080 g/mol. The zero-order valence-electron chi connectivity index (χ0n) is 35.9. The minimum absolute atomic E-state index is 0.826. The van der Waals surface area contributed by atoms with Crippen molar-refractivity contribution in [3.05, 3.63) is 267 Å². The molecular weight excluding hydrogens is 1040 g/mol. The largest absolute Gasteiger partial charge is 0.145 e. The first-order chi connectivity index (χ1) is 32.6. The number of benzene rings is 8. The minimum Gasteiger partial charge on any atom is -0.145 e. The van der Waals surface area contributed by atoms with Gasteiger partial charge in [-0.3, -0.25) is 0 Å². The summed E-state index contributed by atoms with van der Waals surface area (Å²) < 4.78 is 0. The van der Waals surface area contributed by atoms with Crippen molar-refractivity contribution in [3.63, 3.8) is 0 Å². The maximum atomic E-state index is 4.93. The molecule has 0 aliphatic rings. The molecule has 320 valence electrons. The van der Waals surface area contributed by atoms with Crippen LogP contribution in [0.3, 0.4) is 0 Å². The summed E-state index contributed by atoms with van der Waals surface area (Å²) in [6.07, 6.45) is 0. The summed E-state index contributed by atoms with van der Waals surface area (Å²) >= 11 is -1.65. The number of hydrogen-bond acceptors (Lipinski definition) is 0. The van der Waals surface area contributed by atoms with E-state index in [0.717, 1.165) is 0 Å². The van der Waals surface area contributed by atoms with E-state index in [0.29, 0.717) is 0 Å². The van der Waals surface area contributed by atoms with E-state index in [1.54, 1.807) is 0 Å². The fourth-order valence-corrected chi connectivity index (χ4v) is 7.79. The topological polar surface area (TPSA) is 0 Å². The molecule has 0 aliphatic heterocycles. The molecule has 0 fully saturated rings. The van der Waals surface area contributed by atoms with E-state index in [9.17, 15) is 0 Å². The van der Waals surface area contributed by atoms with Crippen LogP contribution >= 0.6 is 34.1 Å². The van der Waals surface area contributed by atoms with E-state index in [4.69, 9.17) is 34.1 Å². The molecule has 12 aromatic carbocycles. The summed E-state index contributed by atoms with van der Waals surface area (Å²) in [6, 6.07) is 93.8. The van der Waals surface area contributed by atoms with Crippen LogP contribution < -0.4 is 0 Å². The predicted molar refractivity (Wildman–Crippen MR) is 283 cm³/mol. The summed E-state index contributed by atoms with van der Waals surface area (Å²) in [5, 5.41) is 10.5. The second-order valence-corrected chi connectivity index (χ2v) is 22.6. The Morgan fingerprint density at radius 1 is 0.227 bits per heavy atom. The molecule has 0 bridgehead atoms. The predicted octanol–water partition coefficient (Wildman–Crippen LogP) is 19.7. The minimum atomic E-state index is -0.826. The first-order valence-electron chi connectivity index (χ1n) is 21.3. The van der Waals surface area contributed by atoms with Crippen molar-refractivity contribution in [2.45, 2.75) is 0 Å². The Bertz CT molecular complexity index is 2670. The Morgan fingerprint density at radius 3 is 0.576 bits per heavy atom. The Morgan fingerprint density at radius 2 is 0.394 bits per heavy atom. The smallest absolute Gasteiger partial charge is 0.0635 e. The van der Waals surface area contributed by atoms with Gasteiger partial charge in [0.1, 0.15) is 0 Å². The van der Waals surface area contributed by atoms with Gasteiger partial charge in [-0.25, -0.2) is 0 Å². The normalized spacial score (nSPS) is 10.0. The van der Waals surface area contributed by atoms with Crippen molar-refractivity contribution < 1.29 is 41.7 Å². The number of fused-ring (bicyclic) bond motifs is 4. The molecule has 66 heavy (non-hydrogen) atoms. The number of halogens is 4. The third-order valence-corrected chi connectivity index (χ3v) is 10.9. The number of rotatable bonds is 4. The molecule has 0 saturated carbocycles. The molecule has 0 radical (unpaired) electrons. The van der Waals surface area contributed by atoms with Crippen molar-refractivity contribution in [1.29, 1.82) is 0 Å². The van der Waals surface area contributed by atoms with Gasteiger partial charge in [-0.15, -0.1) is 138 Å². The standard InChI is InChI=1S/4C15H11.4ClH.2Zr/c4*1-2-6-12(7-3-1)15-10-13-8-4-5-9-14(13)11-15;;;;;;/h4*1-11H;4*1H;;/q4*-1;;;;;2*+4/p-4. The Labute approximate surface area is 425 Å². The Balaban J connectivity index is 0.000000126. The molecule has 0 amide bonds. The third-order valence-electron chi connectivity index (χ3n) is 10.9. The van der Waals surface area contributed by atoms with Gasteiger partial charge in [-0.1, -0.05) is 216 Å². The first kappa shape index (κ1) is 49.0. The van der Waals surface area contributed by atoms with Gasteiger partial charge >= 0.3 is 75.7 Å². The van der Waals surface area contributed by atoms with Crippen LogP contribution in [0.4, 0.5) is 0 Å². The average Bonchev–Trinajstić information content (AvgIpc) is 4.21. The van der Waals surface area contributed by atoms with Crippen molar-refractivity contribution in [2.24, 2.45) is 0 Å². The molecular formula is C60H44Cl4Zr2. The van der Waals surface area contributed by atoms with Crippen LogP contribution in [0.2, 0.25) is 0 Å². The van der Waals surface area contributed by atoms with Crippen molar-refractivity contribution >= 4 is 77.1 Å². The van der Waals surface area contributed by atoms with E-state index >= 15 is 0 Å². The van der Waals surface area contributed by atoms with Crippen LogP contribution in [-0.4, -0.2) is 0 Å². The van der Waals surface area contributed by atoms with Crippen LogP contribution in [0.5, 0.6) is 0 Å². The average molecular weight is 1090 g/mol. The first-order valence-corrected chi connectivity index (χ1v) is 34.0. The molecule has 6 heteroatoms. The molecule has 0 unspecified atom stereocenters. The van der Waals surface area contributed by atoms with E-state index in [2.05, 4.69) is 243 Å². The van der Waals surface area contributed by atoms with Crippen LogP contribution in [0.15, 0.2) is 267 Å². The van der Waals surface area contributed by atoms with Gasteiger partial charge in [0.05, 0.1) is 0 Å². The molecule has 0 aromatic heterocycles. The fraction of sp³-hybridized carbons (Fsp3) is 0. The summed E-state index contributed by atoms with van der Waals surface area (Å²) in [7, 11) is 19.7. The third kappa shape index (κ3) is 14.1. The van der Waals surface area contributed by atoms with E-state index < -0.39 is 41.7 Å². The number of hydrogen-bond donors (Lipinski definition) is 0. The van der Waals surface area contributed by atoms with Crippen LogP contribution in [0.1, 0.15) is 0 Å².